The van der Waals surface area contributed by atoms with Crippen molar-refractivity contribution in [1.29, 1.82) is 0 Å². The zero-order valence-electron chi connectivity index (χ0n) is 20.1. The van der Waals surface area contributed by atoms with Gasteiger partial charge in [0.05, 0.1) is 18.1 Å². The summed E-state index contributed by atoms with van der Waals surface area (Å²) >= 11 is 0. The van der Waals surface area contributed by atoms with Gasteiger partial charge in [0.25, 0.3) is 0 Å². The summed E-state index contributed by atoms with van der Waals surface area (Å²) in [6.45, 7) is 2.96. The number of phenols is 1. The first-order valence-corrected chi connectivity index (χ1v) is 13.5. The number of rotatable bonds is 8. The van der Waals surface area contributed by atoms with Gasteiger partial charge in [0.2, 0.25) is 15.9 Å². The van der Waals surface area contributed by atoms with Gasteiger partial charge in [-0.2, -0.15) is 4.72 Å². The summed E-state index contributed by atoms with van der Waals surface area (Å²) in [7, 11) is -4.04. The van der Waals surface area contributed by atoms with Crippen LogP contribution in [0.1, 0.15) is 5.56 Å². The van der Waals surface area contributed by atoms with Crippen LogP contribution in [-0.2, 0) is 26.0 Å². The summed E-state index contributed by atoms with van der Waals surface area (Å²) in [6.07, 6.45) is 1.93. The number of phenolic OH excluding ortho intramolecular Hbond substituents is 1. The van der Waals surface area contributed by atoms with Gasteiger partial charge >= 0.3 is 0 Å². The van der Waals surface area contributed by atoms with Gasteiger partial charge in [-0.3, -0.25) is 4.79 Å². The molecule has 1 saturated heterocycles. The van der Waals surface area contributed by atoms with Crippen molar-refractivity contribution in [3.63, 3.8) is 0 Å². The van der Waals surface area contributed by atoms with Crippen molar-refractivity contribution in [3.8, 4) is 5.75 Å². The molecule has 1 atom stereocenters. The second-order valence-electron chi connectivity index (χ2n) is 8.87. The van der Waals surface area contributed by atoms with Crippen molar-refractivity contribution < 1.29 is 23.1 Å². The highest BCUT2D eigenvalue weighted by atomic mass is 32.2. The zero-order valence-corrected chi connectivity index (χ0v) is 20.9. The second-order valence-corrected chi connectivity index (χ2v) is 10.6. The number of hydrogen-bond donors (Lipinski definition) is 4. The first-order chi connectivity index (χ1) is 17.9. The zero-order chi connectivity index (χ0) is 25.8. The molecule has 4 N–H and O–H groups in total. The summed E-state index contributed by atoms with van der Waals surface area (Å²) in [5.74, 6) is -0.528. The fourth-order valence-electron chi connectivity index (χ4n) is 4.40. The minimum Gasteiger partial charge on any atom is -0.508 e. The molecule has 0 spiro atoms. The van der Waals surface area contributed by atoms with Crippen molar-refractivity contribution in [3.05, 3.63) is 84.6 Å². The normalized spacial score (nSPS) is 15.0. The first kappa shape index (κ1) is 24.8. The summed E-state index contributed by atoms with van der Waals surface area (Å²) in [5.41, 5.74) is 3.31. The van der Waals surface area contributed by atoms with E-state index in [2.05, 4.69) is 19.9 Å². The number of benzene rings is 3. The molecule has 3 aromatic carbocycles. The molecule has 37 heavy (non-hydrogen) atoms. The summed E-state index contributed by atoms with van der Waals surface area (Å²) in [4.78, 5) is 18.7. The van der Waals surface area contributed by atoms with Crippen LogP contribution in [0, 0.1) is 0 Å². The van der Waals surface area contributed by atoms with Gasteiger partial charge in [0, 0.05) is 41.6 Å². The third kappa shape index (κ3) is 5.77. The molecule has 1 aliphatic rings. The van der Waals surface area contributed by atoms with Crippen LogP contribution in [0.15, 0.2) is 83.9 Å². The van der Waals surface area contributed by atoms with Gasteiger partial charge in [0.15, 0.2) is 0 Å². The summed E-state index contributed by atoms with van der Waals surface area (Å²) in [5, 5.41) is 13.3. The summed E-state index contributed by atoms with van der Waals surface area (Å²) < 4.78 is 34.2. The predicted molar refractivity (Wildman–Crippen MR) is 142 cm³/mol. The lowest BCUT2D eigenvalue weighted by molar-refractivity contribution is -0.117. The van der Waals surface area contributed by atoms with E-state index in [-0.39, 0.29) is 17.1 Å². The number of aromatic amines is 1. The third-order valence-electron chi connectivity index (χ3n) is 6.37. The van der Waals surface area contributed by atoms with E-state index in [9.17, 15) is 18.3 Å². The SMILES string of the molecule is O=C(Nc1ccc(N2CCOCC2)cc1)C(Cc1c[nH]c2ccccc12)NS(=O)(=O)c1ccc(O)cc1. The number of H-pyrrole nitrogens is 1. The van der Waals surface area contributed by atoms with Crippen LogP contribution >= 0.6 is 0 Å². The number of morpholine rings is 1. The standard InChI is InChI=1S/C27H28N4O5S/c32-22-9-11-23(12-10-22)37(34,35)30-26(17-19-18-28-25-4-2-1-3-24(19)25)27(33)29-20-5-7-21(8-6-20)31-13-15-36-16-14-31/h1-12,18,26,28,30,32H,13-17H2,(H,29,33). The number of aromatic nitrogens is 1. The largest absolute Gasteiger partial charge is 0.508 e. The molecule has 192 valence electrons. The second kappa shape index (κ2) is 10.6. The monoisotopic (exact) mass is 520 g/mol. The molecule has 2 heterocycles. The smallest absolute Gasteiger partial charge is 0.242 e. The minimum atomic E-state index is -4.04. The maximum absolute atomic E-state index is 13.4. The van der Waals surface area contributed by atoms with Crippen molar-refractivity contribution in [2.45, 2.75) is 17.4 Å². The number of amides is 1. The fourth-order valence-corrected chi connectivity index (χ4v) is 5.59. The minimum absolute atomic E-state index is 0.0445. The molecule has 5 rings (SSSR count). The predicted octanol–water partition coefficient (Wildman–Crippen LogP) is 3.24. The molecule has 1 aromatic heterocycles. The molecular formula is C27H28N4O5S. The average molecular weight is 521 g/mol. The number of sulfonamides is 1. The Hall–Kier alpha value is -3.86. The van der Waals surface area contributed by atoms with Gasteiger partial charge in [-0.25, -0.2) is 8.42 Å². The number of aromatic hydroxyl groups is 1. The number of anilines is 2. The maximum Gasteiger partial charge on any atom is 0.242 e. The van der Waals surface area contributed by atoms with Crippen LogP contribution in [0.5, 0.6) is 5.75 Å². The van der Waals surface area contributed by atoms with Crippen LogP contribution in [-0.4, -0.2) is 56.8 Å². The number of carbonyl (C=O) groups excluding carboxylic acids is 1. The lowest BCUT2D eigenvalue weighted by Gasteiger charge is -2.29. The fraction of sp³-hybridized carbons (Fsp3) is 0.222. The van der Waals surface area contributed by atoms with Crippen molar-refractivity contribution in [2.75, 3.05) is 36.5 Å². The topological polar surface area (TPSA) is 124 Å². The van der Waals surface area contributed by atoms with Crippen molar-refractivity contribution in [1.82, 2.24) is 9.71 Å². The van der Waals surface area contributed by atoms with Crippen LogP contribution in [0.3, 0.4) is 0 Å². The molecule has 0 aliphatic carbocycles. The highest BCUT2D eigenvalue weighted by Crippen LogP contribution is 2.23. The Morgan fingerprint density at radius 2 is 1.70 bits per heavy atom. The molecule has 1 amide bonds. The van der Waals surface area contributed by atoms with Crippen molar-refractivity contribution >= 4 is 38.2 Å². The molecule has 0 saturated carbocycles. The Labute approximate surface area is 215 Å². The quantitative estimate of drug-likeness (QED) is 0.283. The van der Waals surface area contributed by atoms with Gasteiger partial charge in [0.1, 0.15) is 11.8 Å². The average Bonchev–Trinajstić information content (AvgIpc) is 3.32. The lowest BCUT2D eigenvalue weighted by Crippen LogP contribution is -2.45. The van der Waals surface area contributed by atoms with Crippen LogP contribution in [0.2, 0.25) is 0 Å². The number of fused-ring (bicyclic) bond motifs is 1. The molecule has 9 nitrogen and oxygen atoms in total. The van der Waals surface area contributed by atoms with Crippen LogP contribution < -0.4 is 14.9 Å². The Balaban J connectivity index is 1.38. The maximum atomic E-state index is 13.4. The summed E-state index contributed by atoms with van der Waals surface area (Å²) in [6, 6.07) is 19.2. The molecule has 1 aliphatic heterocycles. The van der Waals surface area contributed by atoms with E-state index in [0.717, 1.165) is 35.2 Å². The van der Waals surface area contributed by atoms with E-state index < -0.39 is 22.0 Å². The molecule has 0 radical (unpaired) electrons. The van der Waals surface area contributed by atoms with E-state index in [1.54, 1.807) is 18.3 Å². The third-order valence-corrected chi connectivity index (χ3v) is 7.86. The number of para-hydroxylation sites is 1. The van der Waals surface area contributed by atoms with E-state index >= 15 is 0 Å². The van der Waals surface area contributed by atoms with Crippen molar-refractivity contribution in [2.24, 2.45) is 0 Å². The Morgan fingerprint density at radius 3 is 2.43 bits per heavy atom. The van der Waals surface area contributed by atoms with Crippen LogP contribution in [0.4, 0.5) is 11.4 Å². The van der Waals surface area contributed by atoms with E-state index in [1.165, 1.54) is 24.3 Å². The molecular weight excluding hydrogens is 492 g/mol. The molecule has 1 unspecified atom stereocenters. The number of carbonyl (C=O) groups is 1. The molecule has 0 bridgehead atoms. The number of hydrogen-bond acceptors (Lipinski definition) is 6. The molecule has 10 heteroatoms. The van der Waals surface area contributed by atoms with Crippen LogP contribution in [0.25, 0.3) is 10.9 Å². The van der Waals surface area contributed by atoms with Gasteiger partial charge < -0.3 is 25.0 Å². The first-order valence-electron chi connectivity index (χ1n) is 12.0. The molecule has 1 fully saturated rings. The Kier molecular flexibility index (Phi) is 7.13. The highest BCUT2D eigenvalue weighted by Gasteiger charge is 2.27. The number of nitrogens with zero attached hydrogens (tertiary/aromatic N) is 1. The highest BCUT2D eigenvalue weighted by molar-refractivity contribution is 7.89. The van der Waals surface area contributed by atoms with E-state index in [0.29, 0.717) is 18.9 Å². The van der Waals surface area contributed by atoms with Gasteiger partial charge in [-0.05, 0) is 66.6 Å². The lowest BCUT2D eigenvalue weighted by atomic mass is 10.0. The van der Waals surface area contributed by atoms with E-state index in [4.69, 9.17) is 4.74 Å². The van der Waals surface area contributed by atoms with Gasteiger partial charge in [-0.1, -0.05) is 18.2 Å². The molecule has 4 aromatic rings. The van der Waals surface area contributed by atoms with Gasteiger partial charge in [-0.15, -0.1) is 0 Å². The van der Waals surface area contributed by atoms with E-state index in [1.807, 2.05) is 36.4 Å². The Morgan fingerprint density at radius 1 is 1.00 bits per heavy atom. The number of nitrogens with one attached hydrogen (secondary N) is 3. The Bertz CT molecular complexity index is 1480. The number of ether oxygens (including phenoxy) is 1.